The average Bonchev–Trinajstić information content (AvgIpc) is 2.56. The zero-order valence-corrected chi connectivity index (χ0v) is 13.3. The van der Waals surface area contributed by atoms with Crippen LogP contribution < -0.4 is 4.74 Å². The number of hydrogen-bond acceptors (Lipinski definition) is 3. The second-order valence-electron chi connectivity index (χ2n) is 5.41. The Kier molecular flexibility index (Phi) is 5.21. The van der Waals surface area contributed by atoms with Gasteiger partial charge in [-0.3, -0.25) is 4.79 Å². The summed E-state index contributed by atoms with van der Waals surface area (Å²) >= 11 is 0. The van der Waals surface area contributed by atoms with Gasteiger partial charge in [-0.1, -0.05) is 48.5 Å². The lowest BCUT2D eigenvalue weighted by Gasteiger charge is -2.28. The quantitative estimate of drug-likeness (QED) is 0.762. The SMILES string of the molecule is CCOC(=O)C(C)(Cc1ccccc1OC)c1ccccc1. The highest BCUT2D eigenvalue weighted by Crippen LogP contribution is 2.33. The van der Waals surface area contributed by atoms with Crippen molar-refractivity contribution < 1.29 is 14.3 Å². The average molecular weight is 298 g/mol. The van der Waals surface area contributed by atoms with Crippen molar-refractivity contribution in [3.05, 3.63) is 65.7 Å². The number of carbonyl (C=O) groups is 1. The molecule has 1 atom stereocenters. The maximum absolute atomic E-state index is 12.6. The number of rotatable bonds is 6. The molecule has 0 amide bonds. The number of para-hydroxylation sites is 1. The van der Waals surface area contributed by atoms with Crippen molar-refractivity contribution in [2.24, 2.45) is 0 Å². The highest BCUT2D eigenvalue weighted by molar-refractivity contribution is 5.83. The van der Waals surface area contributed by atoms with Gasteiger partial charge in [0.15, 0.2) is 0 Å². The molecule has 0 heterocycles. The molecule has 3 nitrogen and oxygen atoms in total. The monoisotopic (exact) mass is 298 g/mol. The molecule has 0 bridgehead atoms. The van der Waals surface area contributed by atoms with Crippen LogP contribution in [0.2, 0.25) is 0 Å². The Morgan fingerprint density at radius 1 is 1.05 bits per heavy atom. The van der Waals surface area contributed by atoms with Gasteiger partial charge < -0.3 is 9.47 Å². The number of ether oxygens (including phenoxy) is 2. The minimum absolute atomic E-state index is 0.216. The van der Waals surface area contributed by atoms with Gasteiger partial charge in [0.05, 0.1) is 19.1 Å². The number of esters is 1. The molecule has 0 spiro atoms. The van der Waals surface area contributed by atoms with E-state index in [1.165, 1.54) is 0 Å². The summed E-state index contributed by atoms with van der Waals surface area (Å²) in [7, 11) is 1.64. The lowest BCUT2D eigenvalue weighted by Crippen LogP contribution is -2.36. The molecular weight excluding hydrogens is 276 g/mol. The van der Waals surface area contributed by atoms with E-state index in [2.05, 4.69) is 0 Å². The van der Waals surface area contributed by atoms with Crippen LogP contribution in [0.3, 0.4) is 0 Å². The molecular formula is C19H22O3. The second-order valence-corrected chi connectivity index (χ2v) is 5.41. The minimum Gasteiger partial charge on any atom is -0.496 e. The molecule has 0 aliphatic carbocycles. The van der Waals surface area contributed by atoms with E-state index >= 15 is 0 Å². The Bertz CT molecular complexity index is 622. The Hall–Kier alpha value is -2.29. The fourth-order valence-corrected chi connectivity index (χ4v) is 2.62. The predicted molar refractivity (Wildman–Crippen MR) is 87.1 cm³/mol. The molecule has 0 radical (unpaired) electrons. The lowest BCUT2D eigenvalue weighted by molar-refractivity contribution is -0.149. The molecule has 0 aliphatic heterocycles. The smallest absolute Gasteiger partial charge is 0.316 e. The van der Waals surface area contributed by atoms with Gasteiger partial charge >= 0.3 is 5.97 Å². The van der Waals surface area contributed by atoms with Crippen molar-refractivity contribution in [1.29, 1.82) is 0 Å². The zero-order valence-electron chi connectivity index (χ0n) is 13.3. The number of hydrogen-bond donors (Lipinski definition) is 0. The van der Waals surface area contributed by atoms with Crippen LogP contribution >= 0.6 is 0 Å². The standard InChI is InChI=1S/C19H22O3/c1-4-22-18(20)19(2,16-11-6-5-7-12-16)14-15-10-8-9-13-17(15)21-3/h5-13H,4,14H2,1-3H3. The van der Waals surface area contributed by atoms with Gasteiger partial charge in [-0.25, -0.2) is 0 Å². The Morgan fingerprint density at radius 2 is 1.68 bits per heavy atom. The summed E-state index contributed by atoms with van der Waals surface area (Å²) in [6.07, 6.45) is 0.528. The third-order valence-corrected chi connectivity index (χ3v) is 3.87. The molecule has 0 saturated heterocycles. The third-order valence-electron chi connectivity index (χ3n) is 3.87. The van der Waals surface area contributed by atoms with Gasteiger partial charge in [0.25, 0.3) is 0 Å². The second kappa shape index (κ2) is 7.12. The van der Waals surface area contributed by atoms with Crippen molar-refractivity contribution in [2.75, 3.05) is 13.7 Å². The van der Waals surface area contributed by atoms with Gasteiger partial charge in [-0.2, -0.15) is 0 Å². The van der Waals surface area contributed by atoms with Gasteiger partial charge in [0.1, 0.15) is 5.75 Å². The van der Waals surface area contributed by atoms with Gasteiger partial charge in [0, 0.05) is 0 Å². The Balaban J connectivity index is 2.43. The molecule has 22 heavy (non-hydrogen) atoms. The van der Waals surface area contributed by atoms with Crippen molar-refractivity contribution in [1.82, 2.24) is 0 Å². The fraction of sp³-hybridized carbons (Fsp3) is 0.316. The van der Waals surface area contributed by atoms with E-state index in [1.54, 1.807) is 7.11 Å². The molecule has 2 aromatic carbocycles. The van der Waals surface area contributed by atoms with Gasteiger partial charge in [0.2, 0.25) is 0 Å². The molecule has 0 aromatic heterocycles. The van der Waals surface area contributed by atoms with Crippen LogP contribution in [0.5, 0.6) is 5.75 Å². The molecule has 1 unspecified atom stereocenters. The van der Waals surface area contributed by atoms with Crippen LogP contribution in [0.25, 0.3) is 0 Å². The summed E-state index contributed by atoms with van der Waals surface area (Å²) in [4.78, 5) is 12.6. The Labute approximate surface area is 131 Å². The molecule has 2 aromatic rings. The van der Waals surface area contributed by atoms with Gasteiger partial charge in [-0.15, -0.1) is 0 Å². The van der Waals surface area contributed by atoms with E-state index in [0.717, 1.165) is 16.9 Å². The minimum atomic E-state index is -0.744. The topological polar surface area (TPSA) is 35.5 Å². The van der Waals surface area contributed by atoms with Crippen LogP contribution in [-0.2, 0) is 21.4 Å². The maximum atomic E-state index is 12.6. The number of carbonyl (C=O) groups excluding carboxylic acids is 1. The third kappa shape index (κ3) is 3.30. The molecule has 0 fully saturated rings. The van der Waals surface area contributed by atoms with E-state index in [-0.39, 0.29) is 5.97 Å². The number of methoxy groups -OCH3 is 1. The lowest BCUT2D eigenvalue weighted by atomic mass is 9.77. The van der Waals surface area contributed by atoms with Crippen LogP contribution in [0.1, 0.15) is 25.0 Å². The summed E-state index contributed by atoms with van der Waals surface area (Å²) in [5, 5.41) is 0. The molecule has 3 heteroatoms. The van der Waals surface area contributed by atoms with E-state index in [4.69, 9.17) is 9.47 Å². The highest BCUT2D eigenvalue weighted by atomic mass is 16.5. The first kappa shape index (κ1) is 16.1. The summed E-state index contributed by atoms with van der Waals surface area (Å²) in [6, 6.07) is 17.5. The molecule has 0 N–H and O–H groups in total. The van der Waals surface area contributed by atoms with Crippen molar-refractivity contribution in [3.8, 4) is 5.75 Å². The molecule has 116 valence electrons. The van der Waals surface area contributed by atoms with Crippen LogP contribution in [0.4, 0.5) is 0 Å². The van der Waals surface area contributed by atoms with E-state index in [0.29, 0.717) is 13.0 Å². The normalized spacial score (nSPS) is 13.2. The summed E-state index contributed by atoms with van der Waals surface area (Å²) in [6.45, 7) is 4.12. The van der Waals surface area contributed by atoms with Crippen LogP contribution in [-0.4, -0.2) is 19.7 Å². The van der Waals surface area contributed by atoms with Crippen molar-refractivity contribution >= 4 is 5.97 Å². The number of benzene rings is 2. The van der Waals surface area contributed by atoms with Crippen LogP contribution in [0.15, 0.2) is 54.6 Å². The largest absolute Gasteiger partial charge is 0.496 e. The predicted octanol–water partition coefficient (Wildman–Crippen LogP) is 3.76. The highest BCUT2D eigenvalue weighted by Gasteiger charge is 2.37. The van der Waals surface area contributed by atoms with E-state index < -0.39 is 5.41 Å². The molecule has 0 saturated carbocycles. The van der Waals surface area contributed by atoms with E-state index in [9.17, 15) is 4.79 Å². The summed E-state index contributed by atoms with van der Waals surface area (Å²) in [5.41, 5.74) is 1.19. The van der Waals surface area contributed by atoms with Gasteiger partial charge in [-0.05, 0) is 37.5 Å². The molecule has 0 aliphatic rings. The van der Waals surface area contributed by atoms with Crippen molar-refractivity contribution in [2.45, 2.75) is 25.7 Å². The first-order valence-corrected chi connectivity index (χ1v) is 7.46. The molecule has 2 rings (SSSR count). The summed E-state index contributed by atoms with van der Waals surface area (Å²) in [5.74, 6) is 0.570. The first-order valence-electron chi connectivity index (χ1n) is 7.46. The zero-order chi connectivity index (χ0) is 16.0. The first-order chi connectivity index (χ1) is 10.6. The van der Waals surface area contributed by atoms with Crippen LogP contribution in [0, 0.1) is 0 Å². The van der Waals surface area contributed by atoms with E-state index in [1.807, 2.05) is 68.4 Å². The Morgan fingerprint density at radius 3 is 2.32 bits per heavy atom. The maximum Gasteiger partial charge on any atom is 0.316 e. The fourth-order valence-electron chi connectivity index (χ4n) is 2.62. The van der Waals surface area contributed by atoms with Crippen molar-refractivity contribution in [3.63, 3.8) is 0 Å². The summed E-state index contributed by atoms with van der Waals surface area (Å²) < 4.78 is 10.7.